The molecule has 2 aliphatic rings. The van der Waals surface area contributed by atoms with Crippen molar-refractivity contribution in [2.45, 2.75) is 32.6 Å². The van der Waals surface area contributed by atoms with E-state index >= 15 is 0 Å². The molecule has 2 fully saturated rings. The van der Waals surface area contributed by atoms with Gasteiger partial charge < -0.3 is 9.47 Å². The van der Waals surface area contributed by atoms with E-state index in [1.807, 2.05) is 0 Å². The van der Waals surface area contributed by atoms with Crippen LogP contribution in [0.3, 0.4) is 0 Å². The minimum absolute atomic E-state index is 0.0139. The molecule has 0 bridgehead atoms. The van der Waals surface area contributed by atoms with Crippen LogP contribution in [-0.4, -0.2) is 31.1 Å². The molecule has 0 aromatic rings. The Morgan fingerprint density at radius 1 is 1.00 bits per heavy atom. The molecule has 2 aliphatic carbocycles. The first kappa shape index (κ1) is 14.2. The first-order chi connectivity index (χ1) is 8.93. The molecule has 108 valence electrons. The second-order valence-corrected chi connectivity index (χ2v) is 5.08. The minimum atomic E-state index is -2.74. The van der Waals surface area contributed by atoms with Crippen LogP contribution in [0.5, 0.6) is 0 Å². The SMILES string of the molecule is CCOC(=O)C1CC2C(C[C@@H]1C(=O)OCC)C2(F)F. The van der Waals surface area contributed by atoms with E-state index in [0.717, 1.165) is 0 Å². The van der Waals surface area contributed by atoms with Crippen LogP contribution in [0.2, 0.25) is 0 Å². The van der Waals surface area contributed by atoms with Gasteiger partial charge in [0.1, 0.15) is 0 Å². The first-order valence-corrected chi connectivity index (χ1v) is 6.64. The van der Waals surface area contributed by atoms with Gasteiger partial charge in [0.25, 0.3) is 5.92 Å². The number of esters is 2. The molecule has 6 heteroatoms. The minimum Gasteiger partial charge on any atom is -0.466 e. The van der Waals surface area contributed by atoms with E-state index in [1.165, 1.54) is 0 Å². The Balaban J connectivity index is 2.12. The fourth-order valence-corrected chi connectivity index (χ4v) is 3.00. The lowest BCUT2D eigenvalue weighted by atomic mass is 9.79. The third-order valence-electron chi connectivity index (χ3n) is 4.05. The zero-order valence-corrected chi connectivity index (χ0v) is 11.0. The summed E-state index contributed by atoms with van der Waals surface area (Å²) in [4.78, 5) is 23.6. The van der Waals surface area contributed by atoms with Gasteiger partial charge in [0.15, 0.2) is 0 Å². The Morgan fingerprint density at radius 2 is 1.37 bits per heavy atom. The van der Waals surface area contributed by atoms with Gasteiger partial charge >= 0.3 is 11.9 Å². The normalized spacial score (nSPS) is 35.2. The number of fused-ring (bicyclic) bond motifs is 1. The zero-order chi connectivity index (χ0) is 14.2. The summed E-state index contributed by atoms with van der Waals surface area (Å²) in [5, 5.41) is 0. The van der Waals surface area contributed by atoms with Gasteiger partial charge in [-0.15, -0.1) is 0 Å². The molecule has 3 unspecified atom stereocenters. The van der Waals surface area contributed by atoms with E-state index in [-0.39, 0.29) is 26.1 Å². The number of hydrogen-bond acceptors (Lipinski definition) is 4. The van der Waals surface area contributed by atoms with E-state index in [2.05, 4.69) is 0 Å². The van der Waals surface area contributed by atoms with Gasteiger partial charge in [0, 0.05) is 11.8 Å². The molecule has 19 heavy (non-hydrogen) atoms. The lowest BCUT2D eigenvalue weighted by molar-refractivity contribution is -0.162. The Bertz CT molecular complexity index is 349. The molecule has 0 saturated heterocycles. The van der Waals surface area contributed by atoms with Crippen molar-refractivity contribution in [1.82, 2.24) is 0 Å². The number of ether oxygens (including phenoxy) is 2. The third-order valence-corrected chi connectivity index (χ3v) is 4.05. The van der Waals surface area contributed by atoms with Crippen molar-refractivity contribution in [2.75, 3.05) is 13.2 Å². The molecule has 4 atom stereocenters. The van der Waals surface area contributed by atoms with Crippen LogP contribution < -0.4 is 0 Å². The van der Waals surface area contributed by atoms with Crippen LogP contribution in [0.1, 0.15) is 26.7 Å². The van der Waals surface area contributed by atoms with Gasteiger partial charge in [-0.2, -0.15) is 0 Å². The number of rotatable bonds is 4. The van der Waals surface area contributed by atoms with Crippen molar-refractivity contribution in [3.8, 4) is 0 Å². The van der Waals surface area contributed by atoms with Crippen molar-refractivity contribution >= 4 is 11.9 Å². The smallest absolute Gasteiger partial charge is 0.309 e. The lowest BCUT2D eigenvalue weighted by Gasteiger charge is -2.26. The highest BCUT2D eigenvalue weighted by Crippen LogP contribution is 2.64. The van der Waals surface area contributed by atoms with Crippen LogP contribution in [0.15, 0.2) is 0 Å². The molecule has 0 N–H and O–H groups in total. The second kappa shape index (κ2) is 5.06. The van der Waals surface area contributed by atoms with Gasteiger partial charge in [-0.25, -0.2) is 8.78 Å². The first-order valence-electron chi connectivity index (χ1n) is 6.64. The highest BCUT2D eigenvalue weighted by Gasteiger charge is 2.72. The fourth-order valence-electron chi connectivity index (χ4n) is 3.00. The molecule has 0 heterocycles. The van der Waals surface area contributed by atoms with Crippen LogP contribution in [0, 0.1) is 23.7 Å². The van der Waals surface area contributed by atoms with E-state index in [4.69, 9.17) is 9.47 Å². The zero-order valence-electron chi connectivity index (χ0n) is 11.0. The Kier molecular flexibility index (Phi) is 3.78. The molecule has 2 rings (SSSR count). The quantitative estimate of drug-likeness (QED) is 0.737. The van der Waals surface area contributed by atoms with E-state index in [9.17, 15) is 18.4 Å². The van der Waals surface area contributed by atoms with Crippen LogP contribution >= 0.6 is 0 Å². The molecular formula is C13H18F2O4. The number of alkyl halides is 2. The van der Waals surface area contributed by atoms with Crippen molar-refractivity contribution in [1.29, 1.82) is 0 Å². The lowest BCUT2D eigenvalue weighted by Crippen LogP contribution is -2.35. The fraction of sp³-hybridized carbons (Fsp3) is 0.846. The molecule has 0 amide bonds. The Labute approximate surface area is 110 Å². The maximum absolute atomic E-state index is 13.4. The van der Waals surface area contributed by atoms with Gasteiger partial charge in [0.2, 0.25) is 0 Å². The average molecular weight is 276 g/mol. The van der Waals surface area contributed by atoms with E-state index in [1.54, 1.807) is 13.8 Å². The van der Waals surface area contributed by atoms with Crippen molar-refractivity contribution in [3.63, 3.8) is 0 Å². The maximum atomic E-state index is 13.4. The van der Waals surface area contributed by atoms with Crippen molar-refractivity contribution in [3.05, 3.63) is 0 Å². The summed E-state index contributed by atoms with van der Waals surface area (Å²) in [7, 11) is 0. The third kappa shape index (κ3) is 2.44. The predicted octanol–water partition coefficient (Wildman–Crippen LogP) is 2.02. The summed E-state index contributed by atoms with van der Waals surface area (Å²) in [6.07, 6.45) is 0.0277. The highest BCUT2D eigenvalue weighted by atomic mass is 19.3. The Morgan fingerprint density at radius 3 is 1.68 bits per heavy atom. The summed E-state index contributed by atoms with van der Waals surface area (Å²) in [5.41, 5.74) is 0. The molecule has 0 aromatic heterocycles. The number of carbonyl (C=O) groups excluding carboxylic acids is 2. The van der Waals surface area contributed by atoms with Crippen molar-refractivity contribution in [2.24, 2.45) is 23.7 Å². The number of halogens is 2. The van der Waals surface area contributed by atoms with Gasteiger partial charge in [-0.1, -0.05) is 0 Å². The number of hydrogen-bond donors (Lipinski definition) is 0. The maximum Gasteiger partial charge on any atom is 0.309 e. The average Bonchev–Trinajstić information content (AvgIpc) is 2.90. The molecular weight excluding hydrogens is 258 g/mol. The predicted molar refractivity (Wildman–Crippen MR) is 61.4 cm³/mol. The summed E-state index contributed by atoms with van der Waals surface area (Å²) in [5.74, 6) is -7.04. The molecule has 2 saturated carbocycles. The van der Waals surface area contributed by atoms with Crippen molar-refractivity contribution < 1.29 is 27.8 Å². The van der Waals surface area contributed by atoms with Crippen LogP contribution in [0.25, 0.3) is 0 Å². The monoisotopic (exact) mass is 276 g/mol. The van der Waals surface area contributed by atoms with Crippen LogP contribution in [-0.2, 0) is 19.1 Å². The molecule has 0 aromatic carbocycles. The van der Waals surface area contributed by atoms with Gasteiger partial charge in [-0.3, -0.25) is 9.59 Å². The summed E-state index contributed by atoms with van der Waals surface area (Å²) in [6, 6.07) is 0. The molecule has 0 aliphatic heterocycles. The molecule has 4 nitrogen and oxygen atoms in total. The second-order valence-electron chi connectivity index (χ2n) is 5.08. The Hall–Kier alpha value is -1.20. The molecule has 0 radical (unpaired) electrons. The standard InChI is InChI=1S/C13H18F2O4/c1-3-18-11(16)7-5-9-10(13(9,14)15)6-8(7)12(17)19-4-2/h7-10H,3-6H2,1-2H3/t7-,8?,9?,10?/m0/s1. The molecule has 0 spiro atoms. The number of carbonyl (C=O) groups is 2. The summed E-state index contributed by atoms with van der Waals surface area (Å²) < 4.78 is 36.7. The summed E-state index contributed by atoms with van der Waals surface area (Å²) >= 11 is 0. The highest BCUT2D eigenvalue weighted by molar-refractivity contribution is 5.82. The van der Waals surface area contributed by atoms with E-state index < -0.39 is 41.5 Å². The van der Waals surface area contributed by atoms with E-state index in [0.29, 0.717) is 0 Å². The van der Waals surface area contributed by atoms with Gasteiger partial charge in [0.05, 0.1) is 25.0 Å². The van der Waals surface area contributed by atoms with Crippen LogP contribution in [0.4, 0.5) is 8.78 Å². The van der Waals surface area contributed by atoms with Gasteiger partial charge in [-0.05, 0) is 26.7 Å². The summed E-state index contributed by atoms with van der Waals surface area (Å²) in [6.45, 7) is 3.65. The largest absolute Gasteiger partial charge is 0.466 e. The topological polar surface area (TPSA) is 52.6 Å².